The number of hydrogen-bond donors (Lipinski definition) is 2. The smallest absolute Gasteiger partial charge is 0.150 e. The van der Waals surface area contributed by atoms with Crippen LogP contribution in [0.15, 0.2) is 12.1 Å². The van der Waals surface area contributed by atoms with E-state index in [1.165, 1.54) is 6.42 Å². The fraction of sp³-hybridized carbons (Fsp3) is 0.417. The summed E-state index contributed by atoms with van der Waals surface area (Å²) in [5.41, 5.74) is 5.46. The third-order valence-corrected chi connectivity index (χ3v) is 4.49. The minimum atomic E-state index is -0.652. The standard InChI is InChI=1S/C12H14F2N2S2/c13-9-4-7(12(15)17)5-10(14)11(9)16-6-8-2-1-3-18-8/h4-5,8,16H,1-3,6H2,(H2,15,17). The first-order chi connectivity index (χ1) is 8.58. The van der Waals surface area contributed by atoms with Crippen molar-refractivity contribution in [3.63, 3.8) is 0 Å². The highest BCUT2D eigenvalue weighted by atomic mass is 32.2. The second-order valence-corrected chi connectivity index (χ2v) is 6.04. The van der Waals surface area contributed by atoms with E-state index in [1.807, 2.05) is 11.8 Å². The second kappa shape index (κ2) is 5.84. The minimum Gasteiger partial charge on any atom is -0.389 e. The molecule has 2 nitrogen and oxygen atoms in total. The molecule has 0 saturated carbocycles. The quantitative estimate of drug-likeness (QED) is 0.836. The van der Waals surface area contributed by atoms with Gasteiger partial charge in [-0.3, -0.25) is 0 Å². The average Bonchev–Trinajstić information content (AvgIpc) is 2.80. The van der Waals surface area contributed by atoms with Crippen molar-refractivity contribution in [3.8, 4) is 0 Å². The molecule has 0 bridgehead atoms. The van der Waals surface area contributed by atoms with Gasteiger partial charge in [0.2, 0.25) is 0 Å². The van der Waals surface area contributed by atoms with Crippen LogP contribution in [-0.2, 0) is 0 Å². The molecule has 1 aliphatic rings. The molecule has 18 heavy (non-hydrogen) atoms. The maximum absolute atomic E-state index is 13.7. The number of anilines is 1. The molecule has 1 aromatic rings. The van der Waals surface area contributed by atoms with Gasteiger partial charge in [0.25, 0.3) is 0 Å². The van der Waals surface area contributed by atoms with E-state index in [-0.39, 0.29) is 16.2 Å². The van der Waals surface area contributed by atoms with E-state index in [0.717, 1.165) is 24.3 Å². The summed E-state index contributed by atoms with van der Waals surface area (Å²) < 4.78 is 27.4. The van der Waals surface area contributed by atoms with Gasteiger partial charge < -0.3 is 11.1 Å². The lowest BCUT2D eigenvalue weighted by atomic mass is 10.1. The molecule has 98 valence electrons. The number of thiocarbonyl (C=S) groups is 1. The summed E-state index contributed by atoms with van der Waals surface area (Å²) in [6.07, 6.45) is 2.26. The third kappa shape index (κ3) is 3.11. The van der Waals surface area contributed by atoms with Crippen molar-refractivity contribution in [1.29, 1.82) is 0 Å². The molecule has 2 rings (SSSR count). The fourth-order valence-corrected chi connectivity index (χ4v) is 3.22. The predicted octanol–water partition coefficient (Wildman–Crippen LogP) is 2.91. The van der Waals surface area contributed by atoms with Crippen molar-refractivity contribution in [2.45, 2.75) is 18.1 Å². The third-order valence-electron chi connectivity index (χ3n) is 2.86. The van der Waals surface area contributed by atoms with Gasteiger partial charge in [-0.25, -0.2) is 8.78 Å². The van der Waals surface area contributed by atoms with Gasteiger partial charge in [0.05, 0.1) is 0 Å². The molecule has 6 heteroatoms. The summed E-state index contributed by atoms with van der Waals surface area (Å²) >= 11 is 6.53. The number of benzene rings is 1. The Morgan fingerprint density at radius 2 is 2.11 bits per heavy atom. The molecule has 0 amide bonds. The lowest BCUT2D eigenvalue weighted by Gasteiger charge is -2.13. The molecule has 0 aromatic heterocycles. The average molecular weight is 288 g/mol. The molecule has 1 aromatic carbocycles. The number of hydrogen-bond acceptors (Lipinski definition) is 3. The van der Waals surface area contributed by atoms with E-state index in [9.17, 15) is 8.78 Å². The van der Waals surface area contributed by atoms with Crippen molar-refractivity contribution in [1.82, 2.24) is 0 Å². The summed E-state index contributed by atoms with van der Waals surface area (Å²) in [5.74, 6) is -0.181. The topological polar surface area (TPSA) is 38.0 Å². The highest BCUT2D eigenvalue weighted by Gasteiger charge is 2.18. The van der Waals surface area contributed by atoms with Gasteiger partial charge in [0.15, 0.2) is 0 Å². The fourth-order valence-electron chi connectivity index (χ4n) is 1.91. The van der Waals surface area contributed by atoms with Gasteiger partial charge in [-0.2, -0.15) is 11.8 Å². The maximum Gasteiger partial charge on any atom is 0.150 e. The molecule has 0 radical (unpaired) electrons. The Morgan fingerprint density at radius 1 is 1.44 bits per heavy atom. The number of halogens is 2. The summed E-state index contributed by atoms with van der Waals surface area (Å²) in [6, 6.07) is 2.32. The van der Waals surface area contributed by atoms with Crippen molar-refractivity contribution in [2.75, 3.05) is 17.6 Å². The first-order valence-corrected chi connectivity index (χ1v) is 7.18. The Kier molecular flexibility index (Phi) is 4.40. The maximum atomic E-state index is 13.7. The van der Waals surface area contributed by atoms with Crippen LogP contribution < -0.4 is 11.1 Å². The van der Waals surface area contributed by atoms with Crippen molar-refractivity contribution < 1.29 is 8.78 Å². The zero-order chi connectivity index (χ0) is 13.1. The molecule has 0 spiro atoms. The molecule has 1 saturated heterocycles. The van der Waals surface area contributed by atoms with Gasteiger partial charge in [-0.05, 0) is 30.7 Å². The summed E-state index contributed by atoms with van der Waals surface area (Å²) in [4.78, 5) is -0.00861. The molecule has 1 unspecified atom stereocenters. The Balaban J connectivity index is 2.10. The zero-order valence-electron chi connectivity index (χ0n) is 9.71. The first kappa shape index (κ1) is 13.5. The van der Waals surface area contributed by atoms with E-state index in [4.69, 9.17) is 18.0 Å². The van der Waals surface area contributed by atoms with Crippen LogP contribution in [0.3, 0.4) is 0 Å². The number of nitrogens with two attached hydrogens (primary N) is 1. The lowest BCUT2D eigenvalue weighted by molar-refractivity contribution is 0.587. The second-order valence-electron chi connectivity index (χ2n) is 4.20. The van der Waals surface area contributed by atoms with Gasteiger partial charge in [-0.15, -0.1) is 0 Å². The molecular formula is C12H14F2N2S2. The molecular weight excluding hydrogens is 274 g/mol. The van der Waals surface area contributed by atoms with Crippen LogP contribution >= 0.6 is 24.0 Å². The Morgan fingerprint density at radius 3 is 2.61 bits per heavy atom. The Hall–Kier alpha value is -0.880. The van der Waals surface area contributed by atoms with Crippen LogP contribution in [0, 0.1) is 11.6 Å². The van der Waals surface area contributed by atoms with Crippen LogP contribution in [-0.4, -0.2) is 22.5 Å². The molecule has 0 aliphatic carbocycles. The molecule has 1 heterocycles. The van der Waals surface area contributed by atoms with Crippen LogP contribution in [0.2, 0.25) is 0 Å². The predicted molar refractivity (Wildman–Crippen MR) is 76.2 cm³/mol. The summed E-state index contributed by atoms with van der Waals surface area (Å²) in [7, 11) is 0. The normalized spacial score (nSPS) is 18.9. The summed E-state index contributed by atoms with van der Waals surface area (Å²) in [5, 5.41) is 3.26. The van der Waals surface area contributed by atoms with E-state index in [0.29, 0.717) is 11.8 Å². The number of thioether (sulfide) groups is 1. The highest BCUT2D eigenvalue weighted by Crippen LogP contribution is 2.27. The Bertz CT molecular complexity index is 436. The van der Waals surface area contributed by atoms with Gasteiger partial charge in [-0.1, -0.05) is 12.2 Å². The lowest BCUT2D eigenvalue weighted by Crippen LogP contribution is -2.17. The van der Waals surface area contributed by atoms with Gasteiger partial charge >= 0.3 is 0 Å². The minimum absolute atomic E-state index is 0.00861. The molecule has 1 fully saturated rings. The molecule has 3 N–H and O–H groups in total. The molecule has 1 atom stereocenters. The first-order valence-electron chi connectivity index (χ1n) is 5.72. The van der Waals surface area contributed by atoms with E-state index in [2.05, 4.69) is 5.32 Å². The number of nitrogens with one attached hydrogen (secondary N) is 1. The van der Waals surface area contributed by atoms with Crippen LogP contribution in [0.25, 0.3) is 0 Å². The van der Waals surface area contributed by atoms with Crippen LogP contribution in [0.4, 0.5) is 14.5 Å². The SMILES string of the molecule is NC(=S)c1cc(F)c(NCC2CCCS2)c(F)c1. The van der Waals surface area contributed by atoms with Gasteiger partial charge in [0, 0.05) is 17.4 Å². The van der Waals surface area contributed by atoms with E-state index in [1.54, 1.807) is 0 Å². The number of rotatable bonds is 4. The highest BCUT2D eigenvalue weighted by molar-refractivity contribution is 8.00. The van der Waals surface area contributed by atoms with E-state index < -0.39 is 11.6 Å². The monoisotopic (exact) mass is 288 g/mol. The molecule has 1 aliphatic heterocycles. The van der Waals surface area contributed by atoms with Crippen LogP contribution in [0.5, 0.6) is 0 Å². The van der Waals surface area contributed by atoms with Crippen molar-refractivity contribution in [2.24, 2.45) is 5.73 Å². The van der Waals surface area contributed by atoms with Crippen molar-refractivity contribution >= 4 is 34.7 Å². The largest absolute Gasteiger partial charge is 0.389 e. The zero-order valence-corrected chi connectivity index (χ0v) is 11.3. The van der Waals surface area contributed by atoms with Crippen LogP contribution in [0.1, 0.15) is 18.4 Å². The van der Waals surface area contributed by atoms with E-state index >= 15 is 0 Å². The Labute approximate surface area is 114 Å². The summed E-state index contributed by atoms with van der Waals surface area (Å²) in [6.45, 7) is 0.574. The van der Waals surface area contributed by atoms with Gasteiger partial charge in [0.1, 0.15) is 22.3 Å². The van der Waals surface area contributed by atoms with Crippen molar-refractivity contribution in [3.05, 3.63) is 29.3 Å².